The second-order valence-electron chi connectivity index (χ2n) is 3.59. The summed E-state index contributed by atoms with van der Waals surface area (Å²) in [4.78, 5) is 2.67. The van der Waals surface area contributed by atoms with Crippen molar-refractivity contribution in [2.75, 3.05) is 13.1 Å². The van der Waals surface area contributed by atoms with Gasteiger partial charge in [-0.05, 0) is 38.8 Å². The van der Waals surface area contributed by atoms with Gasteiger partial charge in [0.1, 0.15) is 0 Å². The monoisotopic (exact) mass is 155 g/mol. The highest BCUT2D eigenvalue weighted by molar-refractivity contribution is 4.74. The summed E-state index contributed by atoms with van der Waals surface area (Å²) in [6, 6.07) is 0.891. The molecule has 0 aliphatic carbocycles. The Morgan fingerprint density at radius 3 is 2.27 bits per heavy atom. The van der Waals surface area contributed by atoms with Gasteiger partial charge in [0.15, 0.2) is 0 Å². The molecule has 1 rings (SSSR count). The first kappa shape index (κ1) is 9.05. The fourth-order valence-corrected chi connectivity index (χ4v) is 2.08. The Morgan fingerprint density at radius 2 is 1.82 bits per heavy atom. The molecule has 0 spiro atoms. The zero-order valence-corrected chi connectivity index (χ0v) is 7.97. The van der Waals surface area contributed by atoms with E-state index in [9.17, 15) is 0 Å². The third-order valence-electron chi connectivity index (χ3n) is 2.75. The molecule has 0 aromatic carbocycles. The molecule has 1 heteroatoms. The highest BCUT2D eigenvalue weighted by Crippen LogP contribution is 2.17. The first-order valence-corrected chi connectivity index (χ1v) is 5.12. The predicted molar refractivity (Wildman–Crippen MR) is 49.8 cm³/mol. The Balaban J connectivity index is 2.27. The Labute approximate surface area is 70.8 Å². The molecule has 1 saturated heterocycles. The van der Waals surface area contributed by atoms with E-state index in [-0.39, 0.29) is 0 Å². The molecular weight excluding hydrogens is 134 g/mol. The molecule has 1 heterocycles. The first-order valence-electron chi connectivity index (χ1n) is 5.12. The largest absolute Gasteiger partial charge is 0.300 e. The standard InChI is InChI=1S/C10H21N/c1-3-7-10(4-2)11-8-5-6-9-11/h10H,3-9H2,1-2H3. The van der Waals surface area contributed by atoms with Crippen molar-refractivity contribution in [1.82, 2.24) is 4.90 Å². The molecule has 1 fully saturated rings. The third-order valence-corrected chi connectivity index (χ3v) is 2.75. The van der Waals surface area contributed by atoms with Gasteiger partial charge in [0.25, 0.3) is 0 Å². The molecule has 0 bridgehead atoms. The van der Waals surface area contributed by atoms with Gasteiger partial charge in [0, 0.05) is 6.04 Å². The van der Waals surface area contributed by atoms with E-state index in [0.717, 1.165) is 6.04 Å². The maximum Gasteiger partial charge on any atom is 0.00925 e. The summed E-state index contributed by atoms with van der Waals surface area (Å²) in [6.45, 7) is 7.33. The van der Waals surface area contributed by atoms with Crippen molar-refractivity contribution in [2.45, 2.75) is 52.0 Å². The van der Waals surface area contributed by atoms with Gasteiger partial charge in [-0.3, -0.25) is 0 Å². The average molecular weight is 155 g/mol. The Bertz CT molecular complexity index is 95.0. The molecule has 0 saturated carbocycles. The van der Waals surface area contributed by atoms with Crippen molar-refractivity contribution < 1.29 is 0 Å². The van der Waals surface area contributed by atoms with Gasteiger partial charge in [0.2, 0.25) is 0 Å². The Kier molecular flexibility index (Phi) is 3.92. The highest BCUT2D eigenvalue weighted by Gasteiger charge is 2.18. The van der Waals surface area contributed by atoms with E-state index in [1.165, 1.54) is 45.2 Å². The number of nitrogens with zero attached hydrogens (tertiary/aromatic N) is 1. The number of hydrogen-bond donors (Lipinski definition) is 0. The van der Waals surface area contributed by atoms with Crippen molar-refractivity contribution in [1.29, 1.82) is 0 Å². The molecule has 0 aromatic heterocycles. The molecule has 1 aliphatic heterocycles. The van der Waals surface area contributed by atoms with Gasteiger partial charge in [-0.25, -0.2) is 0 Å². The minimum Gasteiger partial charge on any atom is -0.300 e. The highest BCUT2D eigenvalue weighted by atomic mass is 15.2. The lowest BCUT2D eigenvalue weighted by Crippen LogP contribution is -2.31. The van der Waals surface area contributed by atoms with Crippen LogP contribution in [0.3, 0.4) is 0 Å². The summed E-state index contributed by atoms with van der Waals surface area (Å²) in [6.07, 6.45) is 6.94. The zero-order valence-electron chi connectivity index (χ0n) is 7.97. The first-order chi connectivity index (χ1) is 5.38. The molecule has 1 unspecified atom stereocenters. The quantitative estimate of drug-likeness (QED) is 0.603. The minimum absolute atomic E-state index is 0.891. The Hall–Kier alpha value is -0.0400. The van der Waals surface area contributed by atoms with E-state index in [4.69, 9.17) is 0 Å². The van der Waals surface area contributed by atoms with Gasteiger partial charge in [0.05, 0.1) is 0 Å². The van der Waals surface area contributed by atoms with Gasteiger partial charge >= 0.3 is 0 Å². The number of rotatable bonds is 4. The van der Waals surface area contributed by atoms with Crippen LogP contribution in [-0.2, 0) is 0 Å². The Morgan fingerprint density at radius 1 is 1.18 bits per heavy atom. The molecule has 0 N–H and O–H groups in total. The van der Waals surface area contributed by atoms with E-state index in [2.05, 4.69) is 18.7 Å². The maximum atomic E-state index is 2.67. The SMILES string of the molecule is CCCC(CC)N1CCCC1. The van der Waals surface area contributed by atoms with E-state index in [0.29, 0.717) is 0 Å². The van der Waals surface area contributed by atoms with Crippen LogP contribution in [0.1, 0.15) is 46.0 Å². The van der Waals surface area contributed by atoms with Crippen molar-refractivity contribution in [3.63, 3.8) is 0 Å². The topological polar surface area (TPSA) is 3.24 Å². The molecule has 1 aliphatic rings. The number of likely N-dealkylation sites (tertiary alicyclic amines) is 1. The van der Waals surface area contributed by atoms with Crippen LogP contribution in [0.4, 0.5) is 0 Å². The fourth-order valence-electron chi connectivity index (χ4n) is 2.08. The van der Waals surface area contributed by atoms with Crippen molar-refractivity contribution in [3.05, 3.63) is 0 Å². The lowest BCUT2D eigenvalue weighted by molar-refractivity contribution is 0.223. The van der Waals surface area contributed by atoms with E-state index < -0.39 is 0 Å². The molecular formula is C10H21N. The number of hydrogen-bond acceptors (Lipinski definition) is 1. The van der Waals surface area contributed by atoms with Crippen LogP contribution in [0.25, 0.3) is 0 Å². The second kappa shape index (κ2) is 4.76. The molecule has 66 valence electrons. The molecule has 0 aromatic rings. The molecule has 0 amide bonds. The molecule has 11 heavy (non-hydrogen) atoms. The van der Waals surface area contributed by atoms with E-state index in [1.54, 1.807) is 0 Å². The summed E-state index contributed by atoms with van der Waals surface area (Å²) >= 11 is 0. The van der Waals surface area contributed by atoms with Crippen LogP contribution in [0, 0.1) is 0 Å². The summed E-state index contributed by atoms with van der Waals surface area (Å²) < 4.78 is 0. The van der Waals surface area contributed by atoms with Crippen LogP contribution in [0.15, 0.2) is 0 Å². The van der Waals surface area contributed by atoms with E-state index in [1.807, 2.05) is 0 Å². The van der Waals surface area contributed by atoms with Crippen LogP contribution >= 0.6 is 0 Å². The molecule has 1 atom stereocenters. The average Bonchev–Trinajstić information content (AvgIpc) is 2.52. The van der Waals surface area contributed by atoms with Gasteiger partial charge in [-0.15, -0.1) is 0 Å². The van der Waals surface area contributed by atoms with Crippen molar-refractivity contribution in [2.24, 2.45) is 0 Å². The van der Waals surface area contributed by atoms with Crippen molar-refractivity contribution >= 4 is 0 Å². The van der Waals surface area contributed by atoms with Crippen LogP contribution in [0.5, 0.6) is 0 Å². The van der Waals surface area contributed by atoms with Crippen molar-refractivity contribution in [3.8, 4) is 0 Å². The van der Waals surface area contributed by atoms with Gasteiger partial charge in [-0.2, -0.15) is 0 Å². The normalized spacial score (nSPS) is 22.4. The summed E-state index contributed by atoms with van der Waals surface area (Å²) in [5, 5.41) is 0. The lowest BCUT2D eigenvalue weighted by atomic mass is 10.1. The van der Waals surface area contributed by atoms with Gasteiger partial charge in [-0.1, -0.05) is 20.3 Å². The lowest BCUT2D eigenvalue weighted by Gasteiger charge is -2.25. The maximum absolute atomic E-state index is 2.67. The van der Waals surface area contributed by atoms with E-state index >= 15 is 0 Å². The predicted octanol–water partition coefficient (Wildman–Crippen LogP) is 2.66. The third kappa shape index (κ3) is 2.48. The smallest absolute Gasteiger partial charge is 0.00925 e. The summed E-state index contributed by atoms with van der Waals surface area (Å²) in [5.74, 6) is 0. The minimum atomic E-state index is 0.891. The molecule has 1 nitrogen and oxygen atoms in total. The summed E-state index contributed by atoms with van der Waals surface area (Å²) in [5.41, 5.74) is 0. The van der Waals surface area contributed by atoms with Crippen LogP contribution in [0.2, 0.25) is 0 Å². The fraction of sp³-hybridized carbons (Fsp3) is 1.00. The summed E-state index contributed by atoms with van der Waals surface area (Å²) in [7, 11) is 0. The second-order valence-corrected chi connectivity index (χ2v) is 3.59. The molecule has 0 radical (unpaired) electrons. The van der Waals surface area contributed by atoms with Crippen LogP contribution in [-0.4, -0.2) is 24.0 Å². The van der Waals surface area contributed by atoms with Crippen LogP contribution < -0.4 is 0 Å². The zero-order chi connectivity index (χ0) is 8.10. The van der Waals surface area contributed by atoms with Gasteiger partial charge < -0.3 is 4.90 Å².